The van der Waals surface area contributed by atoms with E-state index in [1.807, 2.05) is 13.8 Å². The lowest BCUT2D eigenvalue weighted by Crippen LogP contribution is -2.10. The van der Waals surface area contributed by atoms with Crippen molar-refractivity contribution in [1.29, 1.82) is 0 Å². The van der Waals surface area contributed by atoms with E-state index in [-0.39, 0.29) is 63.9 Å². The number of ether oxygens (including phenoxy) is 2. The molecule has 2 aromatic rings. The van der Waals surface area contributed by atoms with Crippen molar-refractivity contribution in [2.75, 3.05) is 0 Å². The Morgan fingerprint density at radius 1 is 0.906 bits per heavy atom. The molecule has 0 radical (unpaired) electrons. The summed E-state index contributed by atoms with van der Waals surface area (Å²) in [5, 5.41) is 30.3. The topological polar surface area (TPSA) is 130 Å². The van der Waals surface area contributed by atoms with E-state index >= 15 is 0 Å². The maximum absolute atomic E-state index is 12.8. The van der Waals surface area contributed by atoms with Crippen molar-refractivity contribution in [3.8, 4) is 28.7 Å². The Hall–Kier alpha value is -3.55. The summed E-state index contributed by atoms with van der Waals surface area (Å²) in [6.45, 7) is 3.93. The molecule has 32 heavy (non-hydrogen) atoms. The van der Waals surface area contributed by atoms with Crippen LogP contribution in [-0.4, -0.2) is 33.0 Å². The second-order valence-corrected chi connectivity index (χ2v) is 7.72. The predicted octanol–water partition coefficient (Wildman–Crippen LogP) is 5.23. The van der Waals surface area contributed by atoms with Crippen LogP contribution < -0.4 is 9.47 Å². The van der Waals surface area contributed by atoms with Crippen molar-refractivity contribution in [3.05, 3.63) is 40.5 Å². The van der Waals surface area contributed by atoms with Gasteiger partial charge in [0.05, 0.1) is 5.56 Å². The lowest BCUT2D eigenvalue weighted by atomic mass is 9.98. The molecule has 170 valence electrons. The summed E-state index contributed by atoms with van der Waals surface area (Å²) < 4.78 is 11.3. The molecule has 0 unspecified atom stereocenters. The first-order valence-corrected chi connectivity index (χ1v) is 10.7. The number of aromatic carboxylic acids is 1. The normalized spacial score (nSPS) is 12.2. The van der Waals surface area contributed by atoms with Gasteiger partial charge in [0.15, 0.2) is 17.3 Å². The highest BCUT2D eigenvalue weighted by Gasteiger charge is 2.31. The fraction of sp³-hybridized carbons (Fsp3) is 0.375. The molecule has 8 heteroatoms. The number of carboxylic acid groups (broad SMARTS) is 1. The summed E-state index contributed by atoms with van der Waals surface area (Å²) in [6.07, 6.45) is 4.28. The first-order valence-electron chi connectivity index (χ1n) is 10.7. The number of carbonyl (C=O) groups excluding carboxylic acids is 2. The first-order chi connectivity index (χ1) is 15.3. The van der Waals surface area contributed by atoms with Gasteiger partial charge < -0.3 is 24.8 Å². The Morgan fingerprint density at radius 2 is 1.59 bits per heavy atom. The van der Waals surface area contributed by atoms with Crippen LogP contribution in [-0.2, 0) is 6.42 Å². The molecule has 0 saturated heterocycles. The minimum Gasteiger partial charge on any atom is -0.507 e. The predicted molar refractivity (Wildman–Crippen MR) is 115 cm³/mol. The fourth-order valence-electron chi connectivity index (χ4n) is 3.67. The third-order valence-electron chi connectivity index (χ3n) is 5.36. The van der Waals surface area contributed by atoms with E-state index in [2.05, 4.69) is 0 Å². The number of hydrogen-bond acceptors (Lipinski definition) is 7. The van der Waals surface area contributed by atoms with Crippen LogP contribution in [0.3, 0.4) is 0 Å². The molecule has 0 aromatic heterocycles. The van der Waals surface area contributed by atoms with Crippen molar-refractivity contribution in [1.82, 2.24) is 0 Å². The average molecular weight is 442 g/mol. The summed E-state index contributed by atoms with van der Waals surface area (Å²) in [5.41, 5.74) is -0.213. The van der Waals surface area contributed by atoms with Crippen LogP contribution in [0.5, 0.6) is 28.7 Å². The molecule has 2 aromatic carbocycles. The van der Waals surface area contributed by atoms with Crippen molar-refractivity contribution >= 4 is 17.7 Å². The maximum atomic E-state index is 12.8. The third kappa shape index (κ3) is 4.54. The molecule has 3 N–H and O–H groups in total. The number of phenols is 2. The standard InChI is InChI=1S/C24H26O8/c1-3-5-7-8-13-21(23(28)29)18(27)12-20-22(13)31-19-11-17(26)14(16(25)9-6-4-2)10-15(19)24(30)32-20/h10-12,26-27H,3-9H2,1-2H3,(H,28,29). The van der Waals surface area contributed by atoms with Gasteiger partial charge in [-0.3, -0.25) is 4.79 Å². The van der Waals surface area contributed by atoms with Crippen molar-refractivity contribution in [2.45, 2.75) is 58.8 Å². The zero-order valence-electron chi connectivity index (χ0n) is 18.1. The third-order valence-corrected chi connectivity index (χ3v) is 5.36. The van der Waals surface area contributed by atoms with Crippen LogP contribution in [0.15, 0.2) is 18.2 Å². The van der Waals surface area contributed by atoms with E-state index in [9.17, 15) is 29.7 Å². The second kappa shape index (κ2) is 9.72. The Bertz CT molecular complexity index is 1070. The molecule has 0 amide bonds. The summed E-state index contributed by atoms with van der Waals surface area (Å²) >= 11 is 0. The van der Waals surface area contributed by atoms with Gasteiger partial charge in [0.1, 0.15) is 28.4 Å². The minimum absolute atomic E-state index is 0.00661. The molecule has 0 spiro atoms. The van der Waals surface area contributed by atoms with Crippen LogP contribution in [0.1, 0.15) is 89.0 Å². The second-order valence-electron chi connectivity index (χ2n) is 7.72. The lowest BCUT2D eigenvalue weighted by molar-refractivity contribution is 0.0691. The molecule has 0 fully saturated rings. The zero-order chi connectivity index (χ0) is 23.4. The molecule has 0 atom stereocenters. The van der Waals surface area contributed by atoms with Gasteiger partial charge in [-0.25, -0.2) is 9.59 Å². The van der Waals surface area contributed by atoms with Crippen LogP contribution in [0, 0.1) is 0 Å². The van der Waals surface area contributed by atoms with E-state index in [1.54, 1.807) is 0 Å². The van der Waals surface area contributed by atoms with Crippen molar-refractivity contribution < 1.29 is 39.2 Å². The SMILES string of the molecule is CCCCCc1c2c(cc(O)c1C(=O)O)OC(=O)c1cc(C(=O)CCCC)c(O)cc1O2. The number of benzene rings is 2. The Balaban J connectivity index is 2.12. The Labute approximate surface area is 185 Å². The smallest absolute Gasteiger partial charge is 0.347 e. The van der Waals surface area contributed by atoms with Gasteiger partial charge >= 0.3 is 11.9 Å². The average Bonchev–Trinajstić information content (AvgIpc) is 2.86. The number of aromatic hydroxyl groups is 2. The summed E-state index contributed by atoms with van der Waals surface area (Å²) in [6, 6.07) is 3.42. The quantitative estimate of drug-likeness (QED) is 0.208. The highest BCUT2D eigenvalue weighted by Crippen LogP contribution is 2.46. The van der Waals surface area contributed by atoms with Gasteiger partial charge in [-0.15, -0.1) is 0 Å². The van der Waals surface area contributed by atoms with Gasteiger partial charge in [0.25, 0.3) is 0 Å². The van der Waals surface area contributed by atoms with E-state index in [0.29, 0.717) is 12.8 Å². The minimum atomic E-state index is -1.34. The van der Waals surface area contributed by atoms with E-state index in [4.69, 9.17) is 9.47 Å². The zero-order valence-corrected chi connectivity index (χ0v) is 18.1. The van der Waals surface area contributed by atoms with Gasteiger partial charge in [0, 0.05) is 24.1 Å². The molecule has 1 aliphatic rings. The molecule has 0 aliphatic carbocycles. The molecule has 0 saturated carbocycles. The van der Waals surface area contributed by atoms with E-state index < -0.39 is 17.7 Å². The monoisotopic (exact) mass is 442 g/mol. The largest absolute Gasteiger partial charge is 0.507 e. The summed E-state index contributed by atoms with van der Waals surface area (Å²) in [5.74, 6) is -3.56. The summed E-state index contributed by atoms with van der Waals surface area (Å²) in [7, 11) is 0. The number of unbranched alkanes of at least 4 members (excludes halogenated alkanes) is 3. The summed E-state index contributed by atoms with van der Waals surface area (Å²) in [4.78, 5) is 37.0. The maximum Gasteiger partial charge on any atom is 0.347 e. The van der Waals surface area contributed by atoms with Crippen LogP contribution in [0.2, 0.25) is 0 Å². The van der Waals surface area contributed by atoms with Gasteiger partial charge in [-0.1, -0.05) is 33.1 Å². The number of fused-ring (bicyclic) bond motifs is 2. The Kier molecular flexibility index (Phi) is 7.02. The number of esters is 1. The molecule has 0 bridgehead atoms. The molecular weight excluding hydrogens is 416 g/mol. The van der Waals surface area contributed by atoms with Gasteiger partial charge in [0.2, 0.25) is 0 Å². The number of phenolic OH excluding ortho intramolecular Hbond substituents is 1. The van der Waals surface area contributed by atoms with Crippen LogP contribution in [0.4, 0.5) is 0 Å². The number of hydrogen-bond donors (Lipinski definition) is 3. The molecule has 1 aliphatic heterocycles. The number of ketones is 1. The van der Waals surface area contributed by atoms with Gasteiger partial charge in [-0.05, 0) is 25.3 Å². The highest BCUT2D eigenvalue weighted by molar-refractivity contribution is 6.04. The van der Waals surface area contributed by atoms with Crippen molar-refractivity contribution in [2.24, 2.45) is 0 Å². The molecule has 8 nitrogen and oxygen atoms in total. The number of carbonyl (C=O) groups is 3. The van der Waals surface area contributed by atoms with E-state index in [0.717, 1.165) is 31.4 Å². The molecular formula is C24H26O8. The molecule has 1 heterocycles. The van der Waals surface area contributed by atoms with Crippen LogP contribution >= 0.6 is 0 Å². The van der Waals surface area contributed by atoms with Crippen molar-refractivity contribution in [3.63, 3.8) is 0 Å². The molecule has 3 rings (SSSR count). The Morgan fingerprint density at radius 3 is 2.25 bits per heavy atom. The first kappa shape index (κ1) is 23.1. The lowest BCUT2D eigenvalue weighted by Gasteiger charge is -2.16. The highest BCUT2D eigenvalue weighted by atomic mass is 16.6. The number of Topliss-reactive ketones (excluding diaryl/α,β-unsaturated/α-hetero) is 1. The fourth-order valence-corrected chi connectivity index (χ4v) is 3.67. The number of rotatable bonds is 9. The number of carboxylic acids is 1. The van der Waals surface area contributed by atoms with E-state index in [1.165, 1.54) is 6.07 Å². The van der Waals surface area contributed by atoms with Gasteiger partial charge in [-0.2, -0.15) is 0 Å². The van der Waals surface area contributed by atoms with Crippen LogP contribution in [0.25, 0.3) is 0 Å².